The minimum Gasteiger partial charge on any atom is -0.327 e. The van der Waals surface area contributed by atoms with Crippen molar-refractivity contribution in [1.29, 1.82) is 0 Å². The molecule has 2 N–H and O–H groups in total. The van der Waals surface area contributed by atoms with E-state index in [0.29, 0.717) is 11.2 Å². The molecule has 0 amide bonds. The predicted octanol–water partition coefficient (Wildman–Crippen LogP) is 5.10. The van der Waals surface area contributed by atoms with Crippen LogP contribution in [0.25, 0.3) is 0 Å². The highest BCUT2D eigenvalue weighted by Gasteiger charge is 2.29. The van der Waals surface area contributed by atoms with Crippen molar-refractivity contribution in [1.82, 2.24) is 0 Å². The minimum atomic E-state index is 0.283. The summed E-state index contributed by atoms with van der Waals surface area (Å²) >= 11 is 7.85. The molecule has 0 heterocycles. The molecule has 3 heteroatoms. The van der Waals surface area contributed by atoms with Gasteiger partial charge in [-0.05, 0) is 55.0 Å². The Morgan fingerprint density at radius 3 is 2.38 bits per heavy atom. The van der Waals surface area contributed by atoms with Crippen LogP contribution < -0.4 is 5.73 Å². The average molecular weight is 318 g/mol. The molecule has 0 aromatic heterocycles. The smallest absolute Gasteiger partial charge is 0.0406 e. The van der Waals surface area contributed by atoms with E-state index < -0.39 is 0 Å². The fourth-order valence-electron chi connectivity index (χ4n) is 3.00. The lowest BCUT2D eigenvalue weighted by Gasteiger charge is -2.34. The second kappa shape index (κ2) is 6.87. The molecule has 110 valence electrons. The standard InChI is InChI=1S/C18H20ClNS/c19-15-7-9-16(10-8-15)21-18-12-14(6-11-17(18)20)13-4-2-1-3-5-13/h1-5,7-10,14,17-18H,6,11-12,20H2. The molecule has 1 saturated carbocycles. The van der Waals surface area contributed by atoms with Gasteiger partial charge < -0.3 is 5.73 Å². The van der Waals surface area contributed by atoms with Crippen LogP contribution in [0.1, 0.15) is 30.7 Å². The summed E-state index contributed by atoms with van der Waals surface area (Å²) < 4.78 is 0. The summed E-state index contributed by atoms with van der Waals surface area (Å²) in [5.74, 6) is 0.635. The van der Waals surface area contributed by atoms with Gasteiger partial charge in [0.2, 0.25) is 0 Å². The van der Waals surface area contributed by atoms with Crippen LogP contribution in [0.5, 0.6) is 0 Å². The summed E-state index contributed by atoms with van der Waals surface area (Å²) in [5, 5.41) is 1.26. The van der Waals surface area contributed by atoms with E-state index in [9.17, 15) is 0 Å². The highest BCUT2D eigenvalue weighted by atomic mass is 35.5. The van der Waals surface area contributed by atoms with Crippen molar-refractivity contribution in [3.8, 4) is 0 Å². The quantitative estimate of drug-likeness (QED) is 0.852. The zero-order valence-corrected chi connectivity index (χ0v) is 13.5. The van der Waals surface area contributed by atoms with Crippen LogP contribution in [-0.2, 0) is 0 Å². The van der Waals surface area contributed by atoms with Crippen molar-refractivity contribution in [2.24, 2.45) is 5.73 Å². The van der Waals surface area contributed by atoms with Crippen LogP contribution in [0.4, 0.5) is 0 Å². The molecule has 0 saturated heterocycles. The molecule has 0 aliphatic heterocycles. The molecule has 2 aromatic rings. The summed E-state index contributed by atoms with van der Waals surface area (Å²) in [4.78, 5) is 1.26. The zero-order valence-electron chi connectivity index (χ0n) is 11.9. The number of benzene rings is 2. The van der Waals surface area contributed by atoms with Gasteiger partial charge in [-0.1, -0.05) is 41.9 Å². The van der Waals surface area contributed by atoms with Gasteiger partial charge in [0.15, 0.2) is 0 Å². The number of nitrogens with two attached hydrogens (primary N) is 1. The van der Waals surface area contributed by atoms with E-state index >= 15 is 0 Å². The predicted molar refractivity (Wildman–Crippen MR) is 92.1 cm³/mol. The molecule has 0 radical (unpaired) electrons. The Balaban J connectivity index is 1.70. The summed E-state index contributed by atoms with van der Waals surface area (Å²) in [6, 6.07) is 19.2. The third kappa shape index (κ3) is 3.82. The van der Waals surface area contributed by atoms with Gasteiger partial charge in [0, 0.05) is 21.2 Å². The Labute approximate surface area is 135 Å². The number of rotatable bonds is 3. The van der Waals surface area contributed by atoms with Gasteiger partial charge in [0.05, 0.1) is 0 Å². The summed E-state index contributed by atoms with van der Waals surface area (Å²) in [6.07, 6.45) is 3.45. The van der Waals surface area contributed by atoms with Gasteiger partial charge in [0.25, 0.3) is 0 Å². The Hall–Kier alpha value is -0.960. The molecule has 3 unspecified atom stereocenters. The highest BCUT2D eigenvalue weighted by Crippen LogP contribution is 2.40. The monoisotopic (exact) mass is 317 g/mol. The Kier molecular flexibility index (Phi) is 4.89. The molecule has 1 aliphatic rings. The van der Waals surface area contributed by atoms with E-state index in [2.05, 4.69) is 42.5 Å². The normalized spacial score (nSPS) is 25.7. The van der Waals surface area contributed by atoms with Crippen molar-refractivity contribution in [2.75, 3.05) is 0 Å². The van der Waals surface area contributed by atoms with Gasteiger partial charge >= 0.3 is 0 Å². The highest BCUT2D eigenvalue weighted by molar-refractivity contribution is 8.00. The second-order valence-corrected chi connectivity index (χ2v) is 7.44. The van der Waals surface area contributed by atoms with Crippen LogP contribution in [-0.4, -0.2) is 11.3 Å². The molecule has 1 nitrogen and oxygen atoms in total. The third-order valence-corrected chi connectivity index (χ3v) is 5.86. The Morgan fingerprint density at radius 2 is 1.67 bits per heavy atom. The van der Waals surface area contributed by atoms with Gasteiger partial charge in [-0.2, -0.15) is 0 Å². The van der Waals surface area contributed by atoms with E-state index in [1.54, 1.807) is 0 Å². The van der Waals surface area contributed by atoms with Gasteiger partial charge in [-0.3, -0.25) is 0 Å². The molecule has 1 fully saturated rings. The van der Waals surface area contributed by atoms with Crippen LogP contribution in [0.2, 0.25) is 5.02 Å². The molecular formula is C18H20ClNS. The Morgan fingerprint density at radius 1 is 0.952 bits per heavy atom. The zero-order chi connectivity index (χ0) is 14.7. The van der Waals surface area contributed by atoms with Gasteiger partial charge in [-0.25, -0.2) is 0 Å². The number of thioether (sulfide) groups is 1. The maximum Gasteiger partial charge on any atom is 0.0406 e. The third-order valence-electron chi connectivity index (χ3n) is 4.21. The second-order valence-electron chi connectivity index (χ2n) is 5.69. The average Bonchev–Trinajstić information content (AvgIpc) is 2.52. The van der Waals surface area contributed by atoms with Gasteiger partial charge in [-0.15, -0.1) is 11.8 Å². The van der Waals surface area contributed by atoms with E-state index in [0.717, 1.165) is 17.9 Å². The molecule has 0 bridgehead atoms. The van der Waals surface area contributed by atoms with Crippen LogP contribution in [0.15, 0.2) is 59.5 Å². The summed E-state index contributed by atoms with van der Waals surface area (Å²) in [7, 11) is 0. The van der Waals surface area contributed by atoms with Crippen LogP contribution >= 0.6 is 23.4 Å². The van der Waals surface area contributed by atoms with E-state index in [1.165, 1.54) is 16.9 Å². The topological polar surface area (TPSA) is 26.0 Å². The van der Waals surface area contributed by atoms with Crippen LogP contribution in [0, 0.1) is 0 Å². The first-order valence-electron chi connectivity index (χ1n) is 7.45. The first-order valence-corrected chi connectivity index (χ1v) is 8.71. The number of halogens is 1. The van der Waals surface area contributed by atoms with Crippen molar-refractivity contribution < 1.29 is 0 Å². The number of hydrogen-bond donors (Lipinski definition) is 1. The summed E-state index contributed by atoms with van der Waals surface area (Å²) in [6.45, 7) is 0. The van der Waals surface area contributed by atoms with Crippen molar-refractivity contribution >= 4 is 23.4 Å². The molecule has 0 spiro atoms. The van der Waals surface area contributed by atoms with Crippen LogP contribution in [0.3, 0.4) is 0 Å². The maximum absolute atomic E-state index is 6.35. The Bertz CT molecular complexity index is 570. The van der Waals surface area contributed by atoms with E-state index in [-0.39, 0.29) is 6.04 Å². The lowest BCUT2D eigenvalue weighted by Crippen LogP contribution is -2.37. The maximum atomic E-state index is 6.35. The first kappa shape index (κ1) is 15.0. The first-order chi connectivity index (χ1) is 10.2. The fraction of sp³-hybridized carbons (Fsp3) is 0.333. The lowest BCUT2D eigenvalue weighted by atomic mass is 9.82. The van der Waals surface area contributed by atoms with Crippen molar-refractivity contribution in [3.63, 3.8) is 0 Å². The largest absolute Gasteiger partial charge is 0.327 e. The van der Waals surface area contributed by atoms with E-state index in [4.69, 9.17) is 17.3 Å². The molecule has 1 aliphatic carbocycles. The van der Waals surface area contributed by atoms with Gasteiger partial charge in [0.1, 0.15) is 0 Å². The number of hydrogen-bond acceptors (Lipinski definition) is 2. The van der Waals surface area contributed by atoms with Crippen molar-refractivity contribution in [3.05, 3.63) is 65.2 Å². The molecular weight excluding hydrogens is 298 g/mol. The lowest BCUT2D eigenvalue weighted by molar-refractivity contribution is 0.406. The molecule has 3 atom stereocenters. The fourth-order valence-corrected chi connectivity index (χ4v) is 4.41. The molecule has 2 aromatic carbocycles. The van der Waals surface area contributed by atoms with Crippen molar-refractivity contribution in [2.45, 2.75) is 41.4 Å². The molecule has 21 heavy (non-hydrogen) atoms. The molecule has 3 rings (SSSR count). The van der Waals surface area contributed by atoms with E-state index in [1.807, 2.05) is 23.9 Å². The SMILES string of the molecule is NC1CCC(c2ccccc2)CC1Sc1ccc(Cl)cc1. The minimum absolute atomic E-state index is 0.283. The summed E-state index contributed by atoms with van der Waals surface area (Å²) in [5.41, 5.74) is 7.80.